The summed E-state index contributed by atoms with van der Waals surface area (Å²) in [5.74, 6) is 0.148. The zero-order chi connectivity index (χ0) is 13.8. The maximum absolute atomic E-state index is 12.2. The normalized spacial score (nSPS) is 10.9. The average molecular weight is 259 g/mol. The minimum Gasteiger partial charge on any atom is -0.342 e. The zero-order valence-electron chi connectivity index (χ0n) is 11.6. The van der Waals surface area contributed by atoms with Gasteiger partial charge in [-0.1, -0.05) is 18.2 Å². The predicted octanol–water partition coefficient (Wildman–Crippen LogP) is 1.97. The monoisotopic (exact) mass is 259 g/mol. The summed E-state index contributed by atoms with van der Waals surface area (Å²) in [6.07, 6.45) is 1.99. The number of likely N-dealkylation sites (N-methyl/N-ethyl adjacent to an activating group) is 1. The molecule has 2 aromatic rings. The van der Waals surface area contributed by atoms with E-state index in [2.05, 4.69) is 6.07 Å². The van der Waals surface area contributed by atoms with Crippen LogP contribution in [0.4, 0.5) is 0 Å². The van der Waals surface area contributed by atoms with E-state index in [-0.39, 0.29) is 5.91 Å². The van der Waals surface area contributed by atoms with Gasteiger partial charge in [0.05, 0.1) is 0 Å². The summed E-state index contributed by atoms with van der Waals surface area (Å²) < 4.78 is 2.00. The highest BCUT2D eigenvalue weighted by molar-refractivity contribution is 5.86. The quantitative estimate of drug-likeness (QED) is 0.892. The number of fused-ring (bicyclic) bond motifs is 1. The molecule has 1 aromatic carbocycles. The lowest BCUT2D eigenvalue weighted by Gasteiger charge is -2.19. The fraction of sp³-hybridized carbons (Fsp3) is 0.400. The van der Waals surface area contributed by atoms with Gasteiger partial charge in [0.25, 0.3) is 0 Å². The number of nitrogens with zero attached hydrogens (tertiary/aromatic N) is 2. The van der Waals surface area contributed by atoms with E-state index >= 15 is 0 Å². The van der Waals surface area contributed by atoms with Crippen LogP contribution in [0.15, 0.2) is 30.5 Å². The van der Waals surface area contributed by atoms with Gasteiger partial charge in [-0.15, -0.1) is 0 Å². The molecule has 0 saturated carbocycles. The molecule has 102 valence electrons. The van der Waals surface area contributed by atoms with Gasteiger partial charge >= 0.3 is 0 Å². The first-order valence-corrected chi connectivity index (χ1v) is 6.75. The van der Waals surface area contributed by atoms with E-state index < -0.39 is 0 Å². The standard InChI is InChI=1S/C15H21N3O/c1-3-17(4-2)15(19)11-18-10-12(9-16)13-7-5-6-8-14(13)18/h5-8,10H,3-4,9,11,16H2,1-2H3. The second-order valence-electron chi connectivity index (χ2n) is 4.57. The van der Waals surface area contributed by atoms with Gasteiger partial charge in [0.1, 0.15) is 6.54 Å². The van der Waals surface area contributed by atoms with Crippen LogP contribution in [0.5, 0.6) is 0 Å². The topological polar surface area (TPSA) is 51.3 Å². The van der Waals surface area contributed by atoms with Gasteiger partial charge in [-0.05, 0) is 25.5 Å². The molecule has 0 aliphatic carbocycles. The summed E-state index contributed by atoms with van der Waals surface area (Å²) >= 11 is 0. The van der Waals surface area contributed by atoms with Crippen LogP contribution >= 0.6 is 0 Å². The Balaban J connectivity index is 2.33. The first-order chi connectivity index (χ1) is 9.21. The van der Waals surface area contributed by atoms with E-state index in [1.54, 1.807) is 0 Å². The molecule has 0 spiro atoms. The third-order valence-electron chi connectivity index (χ3n) is 3.51. The second kappa shape index (κ2) is 5.89. The van der Waals surface area contributed by atoms with Gasteiger partial charge in [0.15, 0.2) is 0 Å². The molecule has 0 fully saturated rings. The first kappa shape index (κ1) is 13.6. The van der Waals surface area contributed by atoms with Crippen LogP contribution in [0.1, 0.15) is 19.4 Å². The molecule has 2 N–H and O–H groups in total. The van der Waals surface area contributed by atoms with Gasteiger partial charge in [0, 0.05) is 36.7 Å². The molecule has 2 rings (SSSR count). The van der Waals surface area contributed by atoms with Crippen molar-refractivity contribution in [1.82, 2.24) is 9.47 Å². The molecule has 0 saturated heterocycles. The smallest absolute Gasteiger partial charge is 0.242 e. The van der Waals surface area contributed by atoms with E-state index in [0.29, 0.717) is 13.1 Å². The van der Waals surface area contributed by atoms with Crippen molar-refractivity contribution in [2.45, 2.75) is 26.9 Å². The maximum atomic E-state index is 12.2. The van der Waals surface area contributed by atoms with E-state index in [1.165, 1.54) is 0 Å². The molecule has 1 amide bonds. The Morgan fingerprint density at radius 2 is 1.95 bits per heavy atom. The van der Waals surface area contributed by atoms with E-state index in [9.17, 15) is 4.79 Å². The maximum Gasteiger partial charge on any atom is 0.242 e. The predicted molar refractivity (Wildman–Crippen MR) is 77.8 cm³/mol. The number of carbonyl (C=O) groups excluding carboxylic acids is 1. The molecule has 4 nitrogen and oxygen atoms in total. The van der Waals surface area contributed by atoms with E-state index in [4.69, 9.17) is 5.73 Å². The van der Waals surface area contributed by atoms with Crippen molar-refractivity contribution in [3.8, 4) is 0 Å². The number of nitrogens with two attached hydrogens (primary N) is 1. The Morgan fingerprint density at radius 1 is 1.26 bits per heavy atom. The number of hydrogen-bond acceptors (Lipinski definition) is 2. The number of carbonyl (C=O) groups is 1. The molecule has 0 unspecified atom stereocenters. The molecule has 0 radical (unpaired) electrons. The Hall–Kier alpha value is -1.81. The molecule has 19 heavy (non-hydrogen) atoms. The molecule has 0 aliphatic rings. The van der Waals surface area contributed by atoms with Crippen LogP contribution in [0.3, 0.4) is 0 Å². The summed E-state index contributed by atoms with van der Waals surface area (Å²) in [7, 11) is 0. The summed E-state index contributed by atoms with van der Waals surface area (Å²) in [5, 5.41) is 1.14. The van der Waals surface area contributed by atoms with Crippen molar-refractivity contribution in [1.29, 1.82) is 0 Å². The Labute approximate surface area is 113 Å². The van der Waals surface area contributed by atoms with Crippen molar-refractivity contribution in [2.24, 2.45) is 5.73 Å². The number of para-hydroxylation sites is 1. The molecular weight excluding hydrogens is 238 g/mol. The van der Waals surface area contributed by atoms with E-state index in [1.807, 2.05) is 47.7 Å². The van der Waals surface area contributed by atoms with Crippen LogP contribution < -0.4 is 5.73 Å². The number of rotatable bonds is 5. The molecule has 1 heterocycles. The Morgan fingerprint density at radius 3 is 2.58 bits per heavy atom. The SMILES string of the molecule is CCN(CC)C(=O)Cn1cc(CN)c2ccccc21. The summed E-state index contributed by atoms with van der Waals surface area (Å²) in [6, 6.07) is 8.07. The minimum atomic E-state index is 0.148. The molecule has 0 bridgehead atoms. The average Bonchev–Trinajstić information content (AvgIpc) is 2.78. The Kier molecular flexibility index (Phi) is 4.22. The van der Waals surface area contributed by atoms with Crippen molar-refractivity contribution in [3.05, 3.63) is 36.0 Å². The van der Waals surface area contributed by atoms with Crippen LogP contribution in [0.2, 0.25) is 0 Å². The lowest BCUT2D eigenvalue weighted by Crippen LogP contribution is -2.33. The lowest BCUT2D eigenvalue weighted by atomic mass is 10.2. The highest BCUT2D eigenvalue weighted by atomic mass is 16.2. The van der Waals surface area contributed by atoms with Crippen LogP contribution in [-0.2, 0) is 17.9 Å². The summed E-state index contributed by atoms with van der Waals surface area (Å²) in [4.78, 5) is 14.0. The largest absolute Gasteiger partial charge is 0.342 e. The summed E-state index contributed by atoms with van der Waals surface area (Å²) in [6.45, 7) is 6.37. The zero-order valence-corrected chi connectivity index (χ0v) is 11.6. The van der Waals surface area contributed by atoms with E-state index in [0.717, 1.165) is 29.6 Å². The lowest BCUT2D eigenvalue weighted by molar-refractivity contribution is -0.131. The third kappa shape index (κ3) is 2.63. The van der Waals surface area contributed by atoms with Crippen molar-refractivity contribution >= 4 is 16.8 Å². The first-order valence-electron chi connectivity index (χ1n) is 6.75. The number of hydrogen-bond donors (Lipinski definition) is 1. The molecule has 0 atom stereocenters. The van der Waals surface area contributed by atoms with Gasteiger partial charge < -0.3 is 15.2 Å². The highest BCUT2D eigenvalue weighted by Gasteiger charge is 2.13. The molecular formula is C15H21N3O. The minimum absolute atomic E-state index is 0.148. The van der Waals surface area contributed by atoms with Gasteiger partial charge in [-0.2, -0.15) is 0 Å². The number of aromatic nitrogens is 1. The molecule has 4 heteroatoms. The van der Waals surface area contributed by atoms with Crippen LogP contribution in [0.25, 0.3) is 10.9 Å². The molecule has 1 aromatic heterocycles. The summed E-state index contributed by atoms with van der Waals surface area (Å²) in [5.41, 5.74) is 7.92. The number of benzene rings is 1. The Bertz CT molecular complexity index is 570. The van der Waals surface area contributed by atoms with Crippen molar-refractivity contribution in [3.63, 3.8) is 0 Å². The van der Waals surface area contributed by atoms with Crippen LogP contribution in [0, 0.1) is 0 Å². The number of amides is 1. The fourth-order valence-electron chi connectivity index (χ4n) is 2.44. The fourth-order valence-corrected chi connectivity index (χ4v) is 2.44. The highest BCUT2D eigenvalue weighted by Crippen LogP contribution is 2.21. The van der Waals surface area contributed by atoms with Gasteiger partial charge in [-0.3, -0.25) is 4.79 Å². The van der Waals surface area contributed by atoms with Crippen LogP contribution in [-0.4, -0.2) is 28.5 Å². The van der Waals surface area contributed by atoms with Crippen molar-refractivity contribution < 1.29 is 4.79 Å². The third-order valence-corrected chi connectivity index (χ3v) is 3.51. The van der Waals surface area contributed by atoms with Crippen molar-refractivity contribution in [2.75, 3.05) is 13.1 Å². The van der Waals surface area contributed by atoms with Gasteiger partial charge in [0.2, 0.25) is 5.91 Å². The molecule has 0 aliphatic heterocycles. The second-order valence-corrected chi connectivity index (χ2v) is 4.57. The van der Waals surface area contributed by atoms with Gasteiger partial charge in [-0.25, -0.2) is 0 Å².